The first-order chi connectivity index (χ1) is 8.04. The second-order valence-electron chi connectivity index (χ2n) is 5.61. The first-order valence-corrected chi connectivity index (χ1v) is 7.00. The van der Waals surface area contributed by atoms with E-state index in [0.29, 0.717) is 24.8 Å². The van der Waals surface area contributed by atoms with Crippen LogP contribution < -0.4 is 0 Å². The average molecular weight is 241 g/mol. The summed E-state index contributed by atoms with van der Waals surface area (Å²) in [6.07, 6.45) is 4.16. The van der Waals surface area contributed by atoms with Crippen molar-refractivity contribution in [3.8, 4) is 0 Å². The highest BCUT2D eigenvalue weighted by Gasteiger charge is 2.25. The molecule has 0 aromatic carbocycles. The first-order valence-electron chi connectivity index (χ1n) is 7.00. The molecular formula is C14H27NO2. The van der Waals surface area contributed by atoms with Crippen LogP contribution in [-0.2, 0) is 4.79 Å². The molecule has 1 fully saturated rings. The maximum absolute atomic E-state index is 11.9. The van der Waals surface area contributed by atoms with E-state index in [-0.39, 0.29) is 12.0 Å². The molecule has 2 atom stereocenters. The van der Waals surface area contributed by atoms with Crippen LogP contribution in [0.2, 0.25) is 0 Å². The number of likely N-dealkylation sites (tertiary alicyclic amines) is 1. The summed E-state index contributed by atoms with van der Waals surface area (Å²) in [7, 11) is 0. The Balaban J connectivity index is 2.47. The third kappa shape index (κ3) is 4.66. The minimum absolute atomic E-state index is 0.225. The molecule has 0 spiro atoms. The van der Waals surface area contributed by atoms with Gasteiger partial charge < -0.3 is 10.0 Å². The van der Waals surface area contributed by atoms with Crippen LogP contribution in [0.5, 0.6) is 0 Å². The monoisotopic (exact) mass is 241 g/mol. The number of nitrogens with zero attached hydrogens (tertiary/aromatic N) is 1. The fraction of sp³-hybridized carbons (Fsp3) is 0.929. The van der Waals surface area contributed by atoms with Crippen molar-refractivity contribution < 1.29 is 9.90 Å². The molecule has 1 heterocycles. The van der Waals surface area contributed by atoms with Crippen LogP contribution in [0.4, 0.5) is 0 Å². The van der Waals surface area contributed by atoms with Crippen LogP contribution in [0.25, 0.3) is 0 Å². The van der Waals surface area contributed by atoms with Gasteiger partial charge in [0.1, 0.15) is 0 Å². The van der Waals surface area contributed by atoms with Gasteiger partial charge in [0.15, 0.2) is 0 Å². The van der Waals surface area contributed by atoms with E-state index in [1.807, 2.05) is 4.90 Å². The molecule has 100 valence electrons. The van der Waals surface area contributed by atoms with Gasteiger partial charge in [-0.25, -0.2) is 0 Å². The van der Waals surface area contributed by atoms with Crippen LogP contribution in [0.15, 0.2) is 0 Å². The van der Waals surface area contributed by atoms with Crippen LogP contribution in [0.3, 0.4) is 0 Å². The van der Waals surface area contributed by atoms with Crippen LogP contribution >= 0.6 is 0 Å². The second kappa shape index (κ2) is 7.00. The Kier molecular flexibility index (Phi) is 5.96. The fourth-order valence-corrected chi connectivity index (χ4v) is 2.60. The highest BCUT2D eigenvalue weighted by Crippen LogP contribution is 2.25. The lowest BCUT2D eigenvalue weighted by Gasteiger charge is -2.24. The molecule has 1 aliphatic rings. The zero-order valence-corrected chi connectivity index (χ0v) is 11.5. The summed E-state index contributed by atoms with van der Waals surface area (Å²) < 4.78 is 0. The van der Waals surface area contributed by atoms with E-state index in [1.165, 1.54) is 0 Å². The van der Waals surface area contributed by atoms with E-state index in [2.05, 4.69) is 20.8 Å². The third-order valence-electron chi connectivity index (χ3n) is 3.85. The van der Waals surface area contributed by atoms with Crippen molar-refractivity contribution in [1.82, 2.24) is 4.90 Å². The highest BCUT2D eigenvalue weighted by molar-refractivity contribution is 5.76. The first kappa shape index (κ1) is 14.5. The van der Waals surface area contributed by atoms with Crippen molar-refractivity contribution in [2.24, 2.45) is 11.8 Å². The quantitative estimate of drug-likeness (QED) is 0.803. The number of rotatable bonds is 5. The van der Waals surface area contributed by atoms with Gasteiger partial charge in [-0.2, -0.15) is 0 Å². The van der Waals surface area contributed by atoms with Gasteiger partial charge in [-0.15, -0.1) is 0 Å². The molecule has 0 bridgehead atoms. The minimum Gasteiger partial charge on any atom is -0.391 e. The molecule has 1 amide bonds. The Labute approximate surface area is 105 Å². The van der Waals surface area contributed by atoms with E-state index < -0.39 is 0 Å². The Hall–Kier alpha value is -0.570. The molecule has 1 N–H and O–H groups in total. The molecule has 1 saturated heterocycles. The number of carbonyl (C=O) groups is 1. The minimum atomic E-state index is -0.348. The zero-order chi connectivity index (χ0) is 12.8. The topological polar surface area (TPSA) is 40.5 Å². The number of hydrogen-bond donors (Lipinski definition) is 1. The van der Waals surface area contributed by atoms with Gasteiger partial charge in [0.05, 0.1) is 6.10 Å². The third-order valence-corrected chi connectivity index (χ3v) is 3.85. The van der Waals surface area contributed by atoms with E-state index in [0.717, 1.165) is 32.2 Å². The Morgan fingerprint density at radius 2 is 2.12 bits per heavy atom. The summed E-state index contributed by atoms with van der Waals surface area (Å²) >= 11 is 0. The maximum Gasteiger partial charge on any atom is 0.222 e. The van der Waals surface area contributed by atoms with Crippen molar-refractivity contribution in [2.75, 3.05) is 13.1 Å². The fourth-order valence-electron chi connectivity index (χ4n) is 2.60. The predicted molar refractivity (Wildman–Crippen MR) is 69.7 cm³/mol. The zero-order valence-electron chi connectivity index (χ0n) is 11.5. The predicted octanol–water partition coefficient (Wildman–Crippen LogP) is 2.43. The lowest BCUT2D eigenvalue weighted by molar-refractivity contribution is -0.132. The van der Waals surface area contributed by atoms with E-state index in [4.69, 9.17) is 0 Å². The van der Waals surface area contributed by atoms with Crippen LogP contribution in [0, 0.1) is 11.8 Å². The lowest BCUT2D eigenvalue weighted by atomic mass is 9.89. The summed E-state index contributed by atoms with van der Waals surface area (Å²) in [6, 6.07) is 0. The number of β-amino-alcohol motifs (C(OH)–C–C–N with tert-alkyl or cyclic N) is 1. The Morgan fingerprint density at radius 3 is 2.71 bits per heavy atom. The van der Waals surface area contributed by atoms with Crippen molar-refractivity contribution in [1.29, 1.82) is 0 Å². The van der Waals surface area contributed by atoms with Gasteiger partial charge in [0, 0.05) is 19.5 Å². The van der Waals surface area contributed by atoms with Gasteiger partial charge in [0.25, 0.3) is 0 Å². The molecule has 0 radical (unpaired) electrons. The van der Waals surface area contributed by atoms with Gasteiger partial charge in [-0.1, -0.05) is 27.2 Å². The Bertz CT molecular complexity index is 240. The molecule has 3 heteroatoms. The molecule has 0 aromatic rings. The van der Waals surface area contributed by atoms with Crippen molar-refractivity contribution in [3.63, 3.8) is 0 Å². The molecule has 0 aliphatic carbocycles. The van der Waals surface area contributed by atoms with Gasteiger partial charge in [0.2, 0.25) is 5.91 Å². The molecule has 2 unspecified atom stereocenters. The number of aliphatic hydroxyl groups is 1. The molecule has 1 aliphatic heterocycles. The number of hydrogen-bond acceptors (Lipinski definition) is 2. The van der Waals surface area contributed by atoms with Gasteiger partial charge >= 0.3 is 0 Å². The summed E-state index contributed by atoms with van der Waals surface area (Å²) in [6.45, 7) is 7.87. The maximum atomic E-state index is 11.9. The SMILES string of the molecule is CCCC(O)CN1CCC(C(C)C)CCC1=O. The number of amides is 1. The van der Waals surface area contributed by atoms with Crippen molar-refractivity contribution in [2.45, 2.75) is 59.0 Å². The van der Waals surface area contributed by atoms with Gasteiger partial charge in [-0.05, 0) is 31.1 Å². The number of carbonyl (C=O) groups excluding carboxylic acids is 1. The smallest absolute Gasteiger partial charge is 0.222 e. The van der Waals surface area contributed by atoms with Crippen LogP contribution in [-0.4, -0.2) is 35.1 Å². The summed E-state index contributed by atoms with van der Waals surface area (Å²) in [4.78, 5) is 13.8. The standard InChI is InChI=1S/C14H27NO2/c1-4-5-13(16)10-15-9-8-12(11(2)3)6-7-14(15)17/h11-13,16H,4-10H2,1-3H3. The normalized spacial score (nSPS) is 23.9. The lowest BCUT2D eigenvalue weighted by Crippen LogP contribution is -2.37. The summed E-state index contributed by atoms with van der Waals surface area (Å²) in [5.74, 6) is 1.54. The number of aliphatic hydroxyl groups excluding tert-OH is 1. The summed E-state index contributed by atoms with van der Waals surface area (Å²) in [5.41, 5.74) is 0. The molecule has 1 rings (SSSR count). The average Bonchev–Trinajstić information content (AvgIpc) is 2.43. The van der Waals surface area contributed by atoms with E-state index >= 15 is 0 Å². The van der Waals surface area contributed by atoms with E-state index in [9.17, 15) is 9.90 Å². The second-order valence-corrected chi connectivity index (χ2v) is 5.61. The van der Waals surface area contributed by atoms with E-state index in [1.54, 1.807) is 0 Å². The van der Waals surface area contributed by atoms with Gasteiger partial charge in [-0.3, -0.25) is 4.79 Å². The molecule has 3 nitrogen and oxygen atoms in total. The largest absolute Gasteiger partial charge is 0.391 e. The molecule has 17 heavy (non-hydrogen) atoms. The van der Waals surface area contributed by atoms with Crippen molar-refractivity contribution >= 4 is 5.91 Å². The highest BCUT2D eigenvalue weighted by atomic mass is 16.3. The molecular weight excluding hydrogens is 214 g/mol. The molecule has 0 aromatic heterocycles. The summed E-state index contributed by atoms with van der Waals surface area (Å²) in [5, 5.41) is 9.79. The van der Waals surface area contributed by atoms with Crippen LogP contribution in [0.1, 0.15) is 52.9 Å². The molecule has 0 saturated carbocycles. The van der Waals surface area contributed by atoms with Crippen molar-refractivity contribution in [3.05, 3.63) is 0 Å². The Morgan fingerprint density at radius 1 is 1.41 bits per heavy atom.